The molecule has 1 atom stereocenters. The van der Waals surface area contributed by atoms with Crippen molar-refractivity contribution in [3.63, 3.8) is 0 Å². The number of hydrogen-bond donors (Lipinski definition) is 1. The van der Waals surface area contributed by atoms with Crippen molar-refractivity contribution >= 4 is 22.6 Å². The van der Waals surface area contributed by atoms with E-state index < -0.39 is 0 Å². The number of benzene rings is 1. The van der Waals surface area contributed by atoms with Gasteiger partial charge >= 0.3 is 0 Å². The molecule has 8 heteroatoms. The van der Waals surface area contributed by atoms with E-state index in [2.05, 4.69) is 24.5 Å². The molecule has 1 aromatic carbocycles. The summed E-state index contributed by atoms with van der Waals surface area (Å²) in [6, 6.07) is 6.24. The second-order valence-corrected chi connectivity index (χ2v) is 8.22. The smallest absolute Gasteiger partial charge is 0.242 e. The average molecular weight is 404 g/mol. The normalized spacial score (nSPS) is 20.0. The summed E-state index contributed by atoms with van der Waals surface area (Å²) < 4.78 is 17.5. The molecule has 2 fully saturated rings. The molecule has 6 nitrogen and oxygen atoms in total. The average Bonchev–Trinajstić information content (AvgIpc) is 3.45. The Kier molecular flexibility index (Phi) is 6.17. The fourth-order valence-electron chi connectivity index (χ4n) is 3.95. The first kappa shape index (κ1) is 19.3. The molecule has 150 valence electrons. The van der Waals surface area contributed by atoms with Crippen molar-refractivity contribution in [1.29, 1.82) is 0 Å². The van der Waals surface area contributed by atoms with Gasteiger partial charge in [0, 0.05) is 37.6 Å². The lowest BCUT2D eigenvalue weighted by molar-refractivity contribution is -0.122. The van der Waals surface area contributed by atoms with E-state index in [9.17, 15) is 9.18 Å². The zero-order valence-corrected chi connectivity index (χ0v) is 16.8. The number of carbonyl (C=O) groups excluding carboxylic acids is 1. The Hall–Kier alpha value is -2.06. The number of nitrogens with one attached hydrogen (secondary N) is 1. The van der Waals surface area contributed by atoms with Crippen LogP contribution in [0.5, 0.6) is 0 Å². The van der Waals surface area contributed by atoms with Crippen LogP contribution in [0.3, 0.4) is 0 Å². The highest BCUT2D eigenvalue weighted by molar-refractivity contribution is 7.09. The minimum absolute atomic E-state index is 0.0898. The molecular weight excluding hydrogens is 377 g/mol. The summed E-state index contributed by atoms with van der Waals surface area (Å²) in [6.07, 6.45) is 4.93. The fraction of sp³-hybridized carbons (Fsp3) is 0.550. The van der Waals surface area contributed by atoms with Gasteiger partial charge in [0.2, 0.25) is 11.0 Å². The Balaban J connectivity index is 1.33. The lowest BCUT2D eigenvalue weighted by Gasteiger charge is -2.23. The third kappa shape index (κ3) is 4.67. The van der Waals surface area contributed by atoms with Crippen LogP contribution in [0.25, 0.3) is 0 Å². The molecule has 0 spiro atoms. The molecule has 0 aliphatic carbocycles. The maximum Gasteiger partial charge on any atom is 0.242 e. The number of anilines is 1. The van der Waals surface area contributed by atoms with E-state index in [0.29, 0.717) is 18.8 Å². The SMILES string of the molecule is O=C(NCCN1CCCC1)C1CCCN1c1nc(Cc2ccc(F)cc2)ns1. The van der Waals surface area contributed by atoms with Gasteiger partial charge in [0.1, 0.15) is 17.7 Å². The van der Waals surface area contributed by atoms with Gasteiger partial charge in [-0.2, -0.15) is 4.37 Å². The zero-order chi connectivity index (χ0) is 19.3. The van der Waals surface area contributed by atoms with Gasteiger partial charge in [-0.1, -0.05) is 12.1 Å². The van der Waals surface area contributed by atoms with Crippen molar-refractivity contribution in [1.82, 2.24) is 19.6 Å². The largest absolute Gasteiger partial charge is 0.353 e. The molecule has 0 bridgehead atoms. The highest BCUT2D eigenvalue weighted by Crippen LogP contribution is 2.27. The zero-order valence-electron chi connectivity index (χ0n) is 15.9. The summed E-state index contributed by atoms with van der Waals surface area (Å²) in [5.74, 6) is 0.560. The predicted molar refractivity (Wildman–Crippen MR) is 108 cm³/mol. The van der Waals surface area contributed by atoms with Crippen LogP contribution in [0.15, 0.2) is 24.3 Å². The molecule has 1 aromatic heterocycles. The number of amides is 1. The summed E-state index contributed by atoms with van der Waals surface area (Å²) in [5, 5.41) is 3.90. The molecular formula is C20H26FN5OS. The van der Waals surface area contributed by atoms with E-state index in [-0.39, 0.29) is 17.8 Å². The highest BCUT2D eigenvalue weighted by Gasteiger charge is 2.32. The van der Waals surface area contributed by atoms with Gasteiger partial charge in [-0.15, -0.1) is 0 Å². The van der Waals surface area contributed by atoms with Crippen LogP contribution >= 0.6 is 11.5 Å². The number of aromatic nitrogens is 2. The van der Waals surface area contributed by atoms with Gasteiger partial charge in [-0.3, -0.25) is 4.79 Å². The van der Waals surface area contributed by atoms with Crippen LogP contribution in [0.4, 0.5) is 9.52 Å². The molecule has 2 aromatic rings. The third-order valence-electron chi connectivity index (χ3n) is 5.46. The van der Waals surface area contributed by atoms with E-state index in [1.807, 2.05) is 0 Å². The fourth-order valence-corrected chi connectivity index (χ4v) is 4.71. The summed E-state index contributed by atoms with van der Waals surface area (Å²) in [5.41, 5.74) is 0.975. The molecule has 1 N–H and O–H groups in total. The molecule has 1 amide bonds. The summed E-state index contributed by atoms with van der Waals surface area (Å²) in [4.78, 5) is 21.8. The minimum atomic E-state index is -0.244. The van der Waals surface area contributed by atoms with Gasteiger partial charge in [-0.25, -0.2) is 9.37 Å². The van der Waals surface area contributed by atoms with Gasteiger partial charge in [0.25, 0.3) is 0 Å². The van der Waals surface area contributed by atoms with Crippen LogP contribution in [-0.4, -0.2) is 58.9 Å². The maximum absolute atomic E-state index is 13.1. The molecule has 4 rings (SSSR count). The number of likely N-dealkylation sites (tertiary alicyclic amines) is 1. The molecule has 2 aliphatic heterocycles. The van der Waals surface area contributed by atoms with Crippen molar-refractivity contribution in [3.05, 3.63) is 41.5 Å². The van der Waals surface area contributed by atoms with E-state index in [0.717, 1.165) is 49.7 Å². The molecule has 2 saturated heterocycles. The highest BCUT2D eigenvalue weighted by atomic mass is 32.1. The lowest BCUT2D eigenvalue weighted by atomic mass is 10.1. The standard InChI is InChI=1S/C20H26FN5OS/c21-16-7-5-15(6-8-16)14-18-23-20(28-24-18)26-12-3-4-17(26)19(27)22-9-13-25-10-1-2-11-25/h5-8,17H,1-4,9-14H2,(H,22,27). The van der Waals surface area contributed by atoms with Crippen LogP contribution < -0.4 is 10.2 Å². The number of rotatable bonds is 7. The van der Waals surface area contributed by atoms with Crippen molar-refractivity contribution in [3.8, 4) is 0 Å². The number of nitrogens with zero attached hydrogens (tertiary/aromatic N) is 4. The third-order valence-corrected chi connectivity index (χ3v) is 6.25. The first-order chi connectivity index (χ1) is 13.7. The van der Waals surface area contributed by atoms with E-state index in [4.69, 9.17) is 0 Å². The van der Waals surface area contributed by atoms with Crippen molar-refractivity contribution in [2.45, 2.75) is 38.1 Å². The van der Waals surface area contributed by atoms with Crippen LogP contribution in [0, 0.1) is 5.82 Å². The number of carbonyl (C=O) groups is 1. The van der Waals surface area contributed by atoms with Crippen molar-refractivity contribution < 1.29 is 9.18 Å². The quantitative estimate of drug-likeness (QED) is 0.770. The second-order valence-electron chi connectivity index (χ2n) is 7.49. The van der Waals surface area contributed by atoms with Crippen LogP contribution in [-0.2, 0) is 11.2 Å². The predicted octanol–water partition coefficient (Wildman–Crippen LogP) is 2.45. The van der Waals surface area contributed by atoms with Gasteiger partial charge in [0.05, 0.1) is 0 Å². The first-order valence-electron chi connectivity index (χ1n) is 10.0. The molecule has 3 heterocycles. The van der Waals surface area contributed by atoms with E-state index >= 15 is 0 Å². The van der Waals surface area contributed by atoms with E-state index in [1.165, 1.54) is 36.5 Å². The molecule has 0 saturated carbocycles. The van der Waals surface area contributed by atoms with Gasteiger partial charge in [-0.05, 0) is 56.5 Å². The Morgan fingerprint density at radius 1 is 1.18 bits per heavy atom. The minimum Gasteiger partial charge on any atom is -0.353 e. The maximum atomic E-state index is 13.1. The number of hydrogen-bond acceptors (Lipinski definition) is 6. The van der Waals surface area contributed by atoms with E-state index in [1.54, 1.807) is 12.1 Å². The summed E-state index contributed by atoms with van der Waals surface area (Å²) >= 11 is 1.34. The van der Waals surface area contributed by atoms with Crippen molar-refractivity contribution in [2.75, 3.05) is 37.6 Å². The van der Waals surface area contributed by atoms with Gasteiger partial charge < -0.3 is 15.1 Å². The first-order valence-corrected chi connectivity index (χ1v) is 10.8. The van der Waals surface area contributed by atoms with Crippen LogP contribution in [0.2, 0.25) is 0 Å². The number of halogens is 1. The Labute approximate surface area is 168 Å². The molecule has 2 aliphatic rings. The topological polar surface area (TPSA) is 61.4 Å². The molecule has 1 unspecified atom stereocenters. The summed E-state index contributed by atoms with van der Waals surface area (Å²) in [6.45, 7) is 4.75. The molecule has 0 radical (unpaired) electrons. The van der Waals surface area contributed by atoms with Crippen molar-refractivity contribution in [2.24, 2.45) is 0 Å². The Bertz CT molecular complexity index is 790. The molecule has 28 heavy (non-hydrogen) atoms. The summed E-state index contributed by atoms with van der Waals surface area (Å²) in [7, 11) is 0. The second kappa shape index (κ2) is 8.96. The van der Waals surface area contributed by atoms with Crippen LogP contribution in [0.1, 0.15) is 37.1 Å². The monoisotopic (exact) mass is 403 g/mol. The lowest BCUT2D eigenvalue weighted by Crippen LogP contribution is -2.45. The Morgan fingerprint density at radius 2 is 1.96 bits per heavy atom. The Morgan fingerprint density at radius 3 is 2.75 bits per heavy atom. The van der Waals surface area contributed by atoms with Gasteiger partial charge in [0.15, 0.2) is 0 Å².